The molecule has 0 atom stereocenters. The fraction of sp³-hybridized carbons (Fsp3) is 0.0417. The molecule has 1 heterocycles. The van der Waals surface area contributed by atoms with Gasteiger partial charge in [0.15, 0.2) is 5.75 Å². The highest BCUT2D eigenvalue weighted by Crippen LogP contribution is 2.36. The molecule has 12 heteroatoms. The van der Waals surface area contributed by atoms with Crippen molar-refractivity contribution < 1.29 is 28.4 Å². The number of hydrogen-bond donors (Lipinski definition) is 1. The van der Waals surface area contributed by atoms with Gasteiger partial charge in [-0.1, -0.05) is 41.4 Å². The van der Waals surface area contributed by atoms with Gasteiger partial charge in [0.1, 0.15) is 18.0 Å². The van der Waals surface area contributed by atoms with Crippen molar-refractivity contribution in [1.82, 2.24) is 5.32 Å². The summed E-state index contributed by atoms with van der Waals surface area (Å²) >= 11 is 12.6. The molecule has 36 heavy (non-hydrogen) atoms. The third-order valence-corrected chi connectivity index (χ3v) is 5.59. The van der Waals surface area contributed by atoms with E-state index in [1.54, 1.807) is 0 Å². The number of ether oxygens (including phenoxy) is 1. The fourth-order valence-electron chi connectivity index (χ4n) is 3.34. The van der Waals surface area contributed by atoms with Crippen LogP contribution in [-0.2, 0) is 16.2 Å². The van der Waals surface area contributed by atoms with E-state index in [0.717, 1.165) is 6.07 Å². The van der Waals surface area contributed by atoms with Gasteiger partial charge in [-0.25, -0.2) is 14.1 Å². The van der Waals surface area contributed by atoms with E-state index in [2.05, 4.69) is 0 Å². The molecule has 3 aromatic carbocycles. The van der Waals surface area contributed by atoms with Gasteiger partial charge in [0.25, 0.3) is 17.5 Å². The average molecular weight is 530 g/mol. The fourth-order valence-corrected chi connectivity index (χ4v) is 3.95. The van der Waals surface area contributed by atoms with Crippen molar-refractivity contribution in [2.75, 3.05) is 4.90 Å². The molecular formula is C24H14Cl2FN3O6. The molecule has 4 rings (SSSR count). The van der Waals surface area contributed by atoms with Crippen LogP contribution >= 0.6 is 23.2 Å². The smallest absolute Gasteiger partial charge is 0.335 e. The van der Waals surface area contributed by atoms with Crippen LogP contribution in [-0.4, -0.2) is 22.8 Å². The second kappa shape index (κ2) is 10.1. The molecule has 1 fully saturated rings. The van der Waals surface area contributed by atoms with Gasteiger partial charge in [-0.05, 0) is 47.5 Å². The van der Waals surface area contributed by atoms with Crippen molar-refractivity contribution in [2.24, 2.45) is 0 Å². The van der Waals surface area contributed by atoms with Crippen LogP contribution in [0.25, 0.3) is 6.08 Å². The van der Waals surface area contributed by atoms with E-state index in [9.17, 15) is 28.9 Å². The first-order valence-corrected chi connectivity index (χ1v) is 10.9. The lowest BCUT2D eigenvalue weighted by molar-refractivity contribution is -0.384. The van der Waals surface area contributed by atoms with E-state index >= 15 is 0 Å². The number of hydrogen-bond acceptors (Lipinski definition) is 6. The Kier molecular flexibility index (Phi) is 7.00. The SMILES string of the molecule is O=C1NC(=O)N(c2cccc([N+](=O)[O-])c2)C(=O)/C1=C/c1cc(Cl)c(OCc2ccc(F)cc2)c(Cl)c1. The molecule has 0 saturated carbocycles. The molecule has 1 N–H and O–H groups in total. The summed E-state index contributed by atoms with van der Waals surface area (Å²) in [5, 5.41) is 13.3. The molecule has 9 nitrogen and oxygen atoms in total. The van der Waals surface area contributed by atoms with Crippen LogP contribution in [0.1, 0.15) is 11.1 Å². The molecule has 3 aromatic rings. The van der Waals surface area contributed by atoms with Gasteiger partial charge in [-0.3, -0.25) is 25.0 Å². The Hall–Kier alpha value is -4.28. The zero-order valence-electron chi connectivity index (χ0n) is 18.0. The molecule has 182 valence electrons. The van der Waals surface area contributed by atoms with E-state index in [1.807, 2.05) is 5.32 Å². The van der Waals surface area contributed by atoms with Gasteiger partial charge in [-0.2, -0.15) is 0 Å². The molecule has 0 aliphatic carbocycles. The van der Waals surface area contributed by atoms with E-state index in [4.69, 9.17) is 27.9 Å². The first-order valence-electron chi connectivity index (χ1n) is 10.2. The Morgan fingerprint density at radius 3 is 2.33 bits per heavy atom. The van der Waals surface area contributed by atoms with Crippen LogP contribution in [0.4, 0.5) is 20.6 Å². The van der Waals surface area contributed by atoms with E-state index in [1.165, 1.54) is 60.7 Å². The largest absolute Gasteiger partial charge is 0.486 e. The predicted octanol–water partition coefficient (Wildman–Crippen LogP) is 5.29. The predicted molar refractivity (Wildman–Crippen MR) is 129 cm³/mol. The lowest BCUT2D eigenvalue weighted by Gasteiger charge is -2.26. The molecule has 1 aliphatic rings. The van der Waals surface area contributed by atoms with E-state index in [-0.39, 0.29) is 45.2 Å². The van der Waals surface area contributed by atoms with Gasteiger partial charge in [-0.15, -0.1) is 0 Å². The van der Waals surface area contributed by atoms with Gasteiger partial charge in [0.05, 0.1) is 20.7 Å². The first-order chi connectivity index (χ1) is 17.1. The van der Waals surface area contributed by atoms with Crippen molar-refractivity contribution in [3.05, 3.63) is 103 Å². The van der Waals surface area contributed by atoms with Gasteiger partial charge >= 0.3 is 6.03 Å². The maximum atomic E-state index is 13.1. The molecule has 0 bridgehead atoms. The van der Waals surface area contributed by atoms with Crippen molar-refractivity contribution in [3.63, 3.8) is 0 Å². The summed E-state index contributed by atoms with van der Waals surface area (Å²) in [5.74, 6) is -2.21. The Morgan fingerprint density at radius 1 is 1.03 bits per heavy atom. The highest BCUT2D eigenvalue weighted by molar-refractivity contribution is 6.40. The normalized spacial score (nSPS) is 14.7. The standard InChI is InChI=1S/C24H14Cl2FN3O6/c25-19-9-14(10-20(26)21(19)36-12-13-4-6-15(27)7-5-13)8-18-22(31)28-24(33)29(23(18)32)16-2-1-3-17(11-16)30(34)35/h1-11H,12H2,(H,28,31,33)/b18-8+. The number of carbonyl (C=O) groups excluding carboxylic acids is 3. The van der Waals surface area contributed by atoms with E-state index < -0.39 is 28.3 Å². The minimum atomic E-state index is -1.05. The van der Waals surface area contributed by atoms with Gasteiger partial charge < -0.3 is 4.74 Å². The lowest BCUT2D eigenvalue weighted by atomic mass is 10.1. The summed E-state index contributed by atoms with van der Waals surface area (Å²) in [4.78, 5) is 48.8. The number of urea groups is 1. The average Bonchev–Trinajstić information content (AvgIpc) is 2.82. The maximum Gasteiger partial charge on any atom is 0.335 e. The summed E-state index contributed by atoms with van der Waals surface area (Å²) < 4.78 is 18.7. The number of nitrogens with zero attached hydrogens (tertiary/aromatic N) is 2. The number of barbiturate groups is 1. The number of rotatable bonds is 6. The summed E-state index contributed by atoms with van der Waals surface area (Å²) in [6, 6.07) is 12.2. The Balaban J connectivity index is 1.61. The number of imide groups is 2. The first kappa shape index (κ1) is 24.8. The van der Waals surface area contributed by atoms with Crippen LogP contribution in [0.15, 0.2) is 66.2 Å². The molecule has 1 saturated heterocycles. The number of halogens is 3. The number of nitrogens with one attached hydrogen (secondary N) is 1. The lowest BCUT2D eigenvalue weighted by Crippen LogP contribution is -2.54. The molecule has 0 spiro atoms. The molecule has 4 amide bonds. The number of benzene rings is 3. The molecular weight excluding hydrogens is 516 g/mol. The number of nitro groups is 1. The highest BCUT2D eigenvalue weighted by atomic mass is 35.5. The van der Waals surface area contributed by atoms with Crippen LogP contribution in [0.3, 0.4) is 0 Å². The topological polar surface area (TPSA) is 119 Å². The number of carbonyl (C=O) groups is 3. The number of non-ortho nitro benzene ring substituents is 1. The van der Waals surface area contributed by atoms with Crippen LogP contribution in [0.5, 0.6) is 5.75 Å². The summed E-state index contributed by atoms with van der Waals surface area (Å²) in [6.07, 6.45) is 1.18. The second-order valence-electron chi connectivity index (χ2n) is 7.46. The third kappa shape index (κ3) is 5.19. The number of amides is 4. The van der Waals surface area contributed by atoms with Crippen molar-refractivity contribution in [1.29, 1.82) is 0 Å². The van der Waals surface area contributed by atoms with Crippen LogP contribution in [0, 0.1) is 15.9 Å². The van der Waals surface area contributed by atoms with Crippen LogP contribution in [0.2, 0.25) is 10.0 Å². The van der Waals surface area contributed by atoms with E-state index in [0.29, 0.717) is 10.5 Å². The zero-order chi connectivity index (χ0) is 26.0. The summed E-state index contributed by atoms with van der Waals surface area (Å²) in [5.41, 5.74) is 0.0697. The Bertz CT molecular complexity index is 1420. The van der Waals surface area contributed by atoms with Gasteiger partial charge in [0, 0.05) is 12.1 Å². The zero-order valence-corrected chi connectivity index (χ0v) is 19.5. The third-order valence-electron chi connectivity index (χ3n) is 5.03. The Morgan fingerprint density at radius 2 is 1.69 bits per heavy atom. The van der Waals surface area contributed by atoms with Crippen molar-refractivity contribution >= 4 is 58.5 Å². The van der Waals surface area contributed by atoms with Crippen LogP contribution < -0.4 is 15.0 Å². The molecule has 0 aromatic heterocycles. The van der Waals surface area contributed by atoms with Crippen molar-refractivity contribution in [2.45, 2.75) is 6.61 Å². The minimum absolute atomic E-state index is 0.0569. The second-order valence-corrected chi connectivity index (χ2v) is 8.28. The summed E-state index contributed by atoms with van der Waals surface area (Å²) in [6.45, 7) is 0.0569. The maximum absolute atomic E-state index is 13.1. The molecule has 0 radical (unpaired) electrons. The summed E-state index contributed by atoms with van der Waals surface area (Å²) in [7, 11) is 0. The molecule has 1 aliphatic heterocycles. The monoisotopic (exact) mass is 529 g/mol. The quantitative estimate of drug-likeness (QED) is 0.200. The number of anilines is 1. The highest BCUT2D eigenvalue weighted by Gasteiger charge is 2.37. The Labute approximate surface area is 212 Å². The molecule has 0 unspecified atom stereocenters. The van der Waals surface area contributed by atoms with Gasteiger partial charge in [0.2, 0.25) is 0 Å². The van der Waals surface area contributed by atoms with Crippen molar-refractivity contribution in [3.8, 4) is 5.75 Å². The number of nitro benzene ring substituents is 1. The minimum Gasteiger partial charge on any atom is -0.486 e.